The second kappa shape index (κ2) is 6.98. The van der Waals surface area contributed by atoms with Crippen molar-refractivity contribution in [2.45, 2.75) is 53.1 Å². The predicted molar refractivity (Wildman–Crippen MR) is 78.8 cm³/mol. The van der Waals surface area contributed by atoms with Crippen molar-refractivity contribution in [3.05, 3.63) is 22.4 Å². The summed E-state index contributed by atoms with van der Waals surface area (Å²) in [6.07, 6.45) is 4.10. The molecule has 1 rings (SSSR count). The van der Waals surface area contributed by atoms with E-state index < -0.39 is 0 Å². The number of nitrogens with zero attached hydrogens (tertiary/aromatic N) is 1. The fourth-order valence-corrected chi connectivity index (χ4v) is 2.34. The maximum absolute atomic E-state index is 12.1. The molecule has 0 bridgehead atoms. The molecule has 0 saturated carbocycles. The summed E-state index contributed by atoms with van der Waals surface area (Å²) < 4.78 is 2.90. The quantitative estimate of drug-likeness (QED) is 0.850. The summed E-state index contributed by atoms with van der Waals surface area (Å²) in [5.74, 6) is 0.691. The minimum Gasteiger partial charge on any atom is -0.348 e. The standard InChI is InChI=1S/C14H23BrN2O/c1-5-17-9-12(15)8-13(17)14(18)16-11(4)7-6-10(2)3/h8-11H,5-7H2,1-4H3,(H,16,18). The molecule has 1 aromatic rings. The smallest absolute Gasteiger partial charge is 0.268 e. The van der Waals surface area contributed by atoms with Gasteiger partial charge in [-0.2, -0.15) is 0 Å². The summed E-state index contributed by atoms with van der Waals surface area (Å²) in [6.45, 7) is 9.30. The number of aryl methyl sites for hydroxylation is 1. The van der Waals surface area contributed by atoms with Crippen molar-refractivity contribution in [3.63, 3.8) is 0 Å². The molecule has 3 nitrogen and oxygen atoms in total. The zero-order valence-electron chi connectivity index (χ0n) is 11.7. The van der Waals surface area contributed by atoms with Gasteiger partial charge in [-0.15, -0.1) is 0 Å². The lowest BCUT2D eigenvalue weighted by atomic mass is 10.0. The average molecular weight is 315 g/mol. The second-order valence-corrected chi connectivity index (χ2v) is 6.09. The van der Waals surface area contributed by atoms with Crippen molar-refractivity contribution in [3.8, 4) is 0 Å². The Labute approximate surface area is 118 Å². The number of amides is 1. The van der Waals surface area contributed by atoms with Crippen LogP contribution >= 0.6 is 15.9 Å². The first kappa shape index (κ1) is 15.3. The van der Waals surface area contributed by atoms with Crippen LogP contribution in [0.1, 0.15) is 51.0 Å². The average Bonchev–Trinajstić information content (AvgIpc) is 2.68. The number of carbonyl (C=O) groups excluding carboxylic acids is 1. The number of rotatable bonds is 6. The SMILES string of the molecule is CCn1cc(Br)cc1C(=O)NC(C)CCC(C)C. The molecule has 1 unspecified atom stereocenters. The molecule has 0 radical (unpaired) electrons. The fourth-order valence-electron chi connectivity index (χ4n) is 1.88. The largest absolute Gasteiger partial charge is 0.348 e. The Bertz CT molecular complexity index is 398. The number of carbonyl (C=O) groups is 1. The minimum absolute atomic E-state index is 0.0128. The van der Waals surface area contributed by atoms with Crippen molar-refractivity contribution in [1.29, 1.82) is 0 Å². The third kappa shape index (κ3) is 4.48. The zero-order chi connectivity index (χ0) is 13.7. The van der Waals surface area contributed by atoms with Gasteiger partial charge in [-0.25, -0.2) is 0 Å². The van der Waals surface area contributed by atoms with Gasteiger partial charge in [0.15, 0.2) is 0 Å². The van der Waals surface area contributed by atoms with Crippen molar-refractivity contribution in [2.75, 3.05) is 0 Å². The Hall–Kier alpha value is -0.770. The lowest BCUT2D eigenvalue weighted by Crippen LogP contribution is -2.34. The summed E-state index contributed by atoms with van der Waals surface area (Å²) in [5.41, 5.74) is 0.723. The zero-order valence-corrected chi connectivity index (χ0v) is 13.3. The molecule has 1 amide bonds. The molecule has 0 aliphatic carbocycles. The summed E-state index contributed by atoms with van der Waals surface area (Å²) in [7, 11) is 0. The molecular formula is C14H23BrN2O. The lowest BCUT2D eigenvalue weighted by Gasteiger charge is -2.15. The first-order valence-corrected chi connectivity index (χ1v) is 7.39. The van der Waals surface area contributed by atoms with Crippen LogP contribution in [-0.4, -0.2) is 16.5 Å². The Morgan fingerprint density at radius 1 is 1.39 bits per heavy atom. The van der Waals surface area contributed by atoms with Gasteiger partial charge in [-0.05, 0) is 54.6 Å². The van der Waals surface area contributed by atoms with E-state index in [2.05, 4.69) is 42.0 Å². The number of hydrogen-bond donors (Lipinski definition) is 1. The highest BCUT2D eigenvalue weighted by Crippen LogP contribution is 2.15. The van der Waals surface area contributed by atoms with Crippen molar-refractivity contribution in [2.24, 2.45) is 5.92 Å². The Morgan fingerprint density at radius 3 is 2.61 bits per heavy atom. The molecule has 0 aliphatic rings. The van der Waals surface area contributed by atoms with Crippen LogP contribution < -0.4 is 5.32 Å². The van der Waals surface area contributed by atoms with Gasteiger partial charge in [0.2, 0.25) is 0 Å². The van der Waals surface area contributed by atoms with Crippen molar-refractivity contribution in [1.82, 2.24) is 9.88 Å². The van der Waals surface area contributed by atoms with Crippen LogP contribution in [0.15, 0.2) is 16.7 Å². The molecule has 1 atom stereocenters. The molecule has 4 heteroatoms. The Kier molecular flexibility index (Phi) is 5.93. The molecule has 1 aromatic heterocycles. The van der Waals surface area contributed by atoms with Gasteiger partial charge in [-0.3, -0.25) is 4.79 Å². The fraction of sp³-hybridized carbons (Fsp3) is 0.643. The highest BCUT2D eigenvalue weighted by atomic mass is 79.9. The molecule has 102 valence electrons. The van der Waals surface area contributed by atoms with Crippen LogP contribution in [-0.2, 0) is 6.54 Å². The van der Waals surface area contributed by atoms with Gasteiger partial charge >= 0.3 is 0 Å². The first-order valence-electron chi connectivity index (χ1n) is 6.60. The molecule has 0 aromatic carbocycles. The van der Waals surface area contributed by atoms with Crippen molar-refractivity contribution < 1.29 is 4.79 Å². The van der Waals surface area contributed by atoms with E-state index in [4.69, 9.17) is 0 Å². The van der Waals surface area contributed by atoms with E-state index in [0.717, 1.165) is 29.6 Å². The number of halogens is 1. The number of hydrogen-bond acceptors (Lipinski definition) is 1. The third-order valence-electron chi connectivity index (χ3n) is 2.99. The molecule has 1 heterocycles. The molecule has 0 aliphatic heterocycles. The van der Waals surface area contributed by atoms with Gasteiger partial charge < -0.3 is 9.88 Å². The van der Waals surface area contributed by atoms with E-state index in [-0.39, 0.29) is 11.9 Å². The van der Waals surface area contributed by atoms with Gasteiger partial charge in [-0.1, -0.05) is 13.8 Å². The summed E-state index contributed by atoms with van der Waals surface area (Å²) >= 11 is 3.41. The molecule has 0 spiro atoms. The van der Waals surface area contributed by atoms with Gasteiger partial charge in [0.05, 0.1) is 0 Å². The van der Waals surface area contributed by atoms with E-state index in [1.165, 1.54) is 0 Å². The van der Waals surface area contributed by atoms with Crippen LogP contribution in [0.2, 0.25) is 0 Å². The second-order valence-electron chi connectivity index (χ2n) is 5.18. The molecule has 0 fully saturated rings. The minimum atomic E-state index is 0.0128. The Balaban J connectivity index is 2.59. The van der Waals surface area contributed by atoms with E-state index in [1.807, 2.05) is 23.8 Å². The monoisotopic (exact) mass is 314 g/mol. The normalized spacial score (nSPS) is 12.8. The lowest BCUT2D eigenvalue weighted by molar-refractivity contribution is 0.0928. The molecule has 18 heavy (non-hydrogen) atoms. The highest BCUT2D eigenvalue weighted by Gasteiger charge is 2.14. The summed E-state index contributed by atoms with van der Waals surface area (Å²) in [4.78, 5) is 12.1. The van der Waals surface area contributed by atoms with E-state index in [9.17, 15) is 4.79 Å². The maximum Gasteiger partial charge on any atom is 0.268 e. The topological polar surface area (TPSA) is 34.0 Å². The van der Waals surface area contributed by atoms with E-state index in [1.54, 1.807) is 0 Å². The summed E-state index contributed by atoms with van der Waals surface area (Å²) in [6, 6.07) is 2.09. The number of nitrogens with one attached hydrogen (secondary N) is 1. The summed E-state index contributed by atoms with van der Waals surface area (Å²) in [5, 5.41) is 3.06. The van der Waals surface area contributed by atoms with E-state index >= 15 is 0 Å². The van der Waals surface area contributed by atoms with Gasteiger partial charge in [0.1, 0.15) is 5.69 Å². The third-order valence-corrected chi connectivity index (χ3v) is 3.42. The van der Waals surface area contributed by atoms with Gasteiger partial charge in [0, 0.05) is 23.3 Å². The van der Waals surface area contributed by atoms with Crippen LogP contribution in [0.25, 0.3) is 0 Å². The van der Waals surface area contributed by atoms with Crippen LogP contribution in [0.3, 0.4) is 0 Å². The molecular weight excluding hydrogens is 292 g/mol. The van der Waals surface area contributed by atoms with Gasteiger partial charge in [0.25, 0.3) is 5.91 Å². The first-order chi connectivity index (χ1) is 8.43. The van der Waals surface area contributed by atoms with Crippen LogP contribution in [0.4, 0.5) is 0 Å². The highest BCUT2D eigenvalue weighted by molar-refractivity contribution is 9.10. The van der Waals surface area contributed by atoms with Crippen molar-refractivity contribution >= 4 is 21.8 Å². The number of aromatic nitrogens is 1. The van der Waals surface area contributed by atoms with Crippen LogP contribution in [0, 0.1) is 5.92 Å². The van der Waals surface area contributed by atoms with Crippen LogP contribution in [0.5, 0.6) is 0 Å². The maximum atomic E-state index is 12.1. The molecule has 1 N–H and O–H groups in total. The molecule has 0 saturated heterocycles. The Morgan fingerprint density at radius 2 is 2.06 bits per heavy atom. The van der Waals surface area contributed by atoms with E-state index in [0.29, 0.717) is 5.92 Å². The predicted octanol–water partition coefficient (Wildman–Crippen LogP) is 3.83.